The smallest absolute Gasteiger partial charge is 0.0681 e. The standard InChI is InChI=1S/C10H8N4/c11-5-7-3-9-10(4-8(7)6-12)14-2-1-13-9/h1-2,7-8H,3-4H2/t7-,8-/m0/s1. The highest BCUT2D eigenvalue weighted by atomic mass is 14.8. The van der Waals surface area contributed by atoms with Crippen molar-refractivity contribution < 1.29 is 0 Å². The molecular formula is C10H8N4. The molecule has 4 nitrogen and oxygen atoms in total. The Labute approximate surface area is 81.8 Å². The molecule has 0 fully saturated rings. The topological polar surface area (TPSA) is 73.4 Å². The molecule has 0 radical (unpaired) electrons. The van der Waals surface area contributed by atoms with Gasteiger partial charge >= 0.3 is 0 Å². The van der Waals surface area contributed by atoms with Gasteiger partial charge in [0.25, 0.3) is 0 Å². The minimum absolute atomic E-state index is 0.232. The number of rotatable bonds is 0. The SMILES string of the molecule is N#C[C@@H]1Cc2nccnc2C[C@H]1C#N. The second kappa shape index (κ2) is 3.43. The monoisotopic (exact) mass is 184 g/mol. The molecular weight excluding hydrogens is 176 g/mol. The van der Waals surface area contributed by atoms with Gasteiger partial charge in [-0.2, -0.15) is 10.5 Å². The van der Waals surface area contributed by atoms with Crippen molar-refractivity contribution in [2.24, 2.45) is 11.8 Å². The molecule has 0 aliphatic heterocycles. The minimum atomic E-state index is -0.232. The summed E-state index contributed by atoms with van der Waals surface area (Å²) in [5, 5.41) is 17.7. The Balaban J connectivity index is 2.36. The third kappa shape index (κ3) is 1.31. The quantitative estimate of drug-likeness (QED) is 0.599. The summed E-state index contributed by atoms with van der Waals surface area (Å²) in [4.78, 5) is 8.33. The van der Waals surface area contributed by atoms with E-state index in [1.165, 1.54) is 0 Å². The Kier molecular flexibility index (Phi) is 2.12. The molecule has 1 aromatic heterocycles. The van der Waals surface area contributed by atoms with Crippen molar-refractivity contribution in [1.29, 1.82) is 10.5 Å². The maximum absolute atomic E-state index is 8.87. The highest BCUT2D eigenvalue weighted by Crippen LogP contribution is 2.26. The molecule has 14 heavy (non-hydrogen) atoms. The molecule has 0 spiro atoms. The fourth-order valence-electron chi connectivity index (χ4n) is 1.71. The number of fused-ring (bicyclic) bond motifs is 1. The van der Waals surface area contributed by atoms with Crippen LogP contribution in [-0.2, 0) is 12.8 Å². The van der Waals surface area contributed by atoms with Crippen LogP contribution in [0.2, 0.25) is 0 Å². The van der Waals surface area contributed by atoms with Crippen LogP contribution in [0.3, 0.4) is 0 Å². The van der Waals surface area contributed by atoms with E-state index in [1.807, 2.05) is 0 Å². The van der Waals surface area contributed by atoms with Crippen molar-refractivity contribution in [1.82, 2.24) is 9.97 Å². The lowest BCUT2D eigenvalue weighted by Gasteiger charge is -2.21. The average molecular weight is 184 g/mol. The van der Waals surface area contributed by atoms with Crippen LogP contribution in [-0.4, -0.2) is 9.97 Å². The van der Waals surface area contributed by atoms with Crippen LogP contribution in [0.4, 0.5) is 0 Å². The molecule has 0 amide bonds. The second-order valence-electron chi connectivity index (χ2n) is 3.33. The largest absolute Gasteiger partial charge is 0.258 e. The van der Waals surface area contributed by atoms with Crippen molar-refractivity contribution in [2.75, 3.05) is 0 Å². The van der Waals surface area contributed by atoms with E-state index in [9.17, 15) is 0 Å². The van der Waals surface area contributed by atoms with Gasteiger partial charge in [-0.3, -0.25) is 9.97 Å². The molecule has 1 aliphatic rings. The van der Waals surface area contributed by atoms with Gasteiger partial charge in [-0.1, -0.05) is 0 Å². The lowest BCUT2D eigenvalue weighted by atomic mass is 9.81. The first kappa shape index (κ1) is 8.65. The molecule has 4 heteroatoms. The van der Waals surface area contributed by atoms with Crippen LogP contribution in [0, 0.1) is 34.5 Å². The minimum Gasteiger partial charge on any atom is -0.258 e. The van der Waals surface area contributed by atoms with E-state index in [2.05, 4.69) is 22.1 Å². The van der Waals surface area contributed by atoms with Gasteiger partial charge < -0.3 is 0 Å². The normalized spacial score (nSPS) is 24.4. The van der Waals surface area contributed by atoms with Gasteiger partial charge in [0.1, 0.15) is 0 Å². The highest BCUT2D eigenvalue weighted by Gasteiger charge is 2.29. The molecule has 2 rings (SSSR count). The molecule has 0 saturated carbocycles. The van der Waals surface area contributed by atoms with Gasteiger partial charge in [0, 0.05) is 25.2 Å². The molecule has 68 valence electrons. The summed E-state index contributed by atoms with van der Waals surface area (Å²) in [5.74, 6) is -0.464. The van der Waals surface area contributed by atoms with Gasteiger partial charge in [0.05, 0.1) is 35.4 Å². The molecule has 0 unspecified atom stereocenters. The molecule has 2 atom stereocenters. The summed E-state index contributed by atoms with van der Waals surface area (Å²) in [6.45, 7) is 0. The molecule has 1 aliphatic carbocycles. The van der Waals surface area contributed by atoms with Crippen LogP contribution in [0.5, 0.6) is 0 Å². The van der Waals surface area contributed by atoms with Crippen LogP contribution in [0.25, 0.3) is 0 Å². The van der Waals surface area contributed by atoms with Crippen molar-refractivity contribution in [3.63, 3.8) is 0 Å². The fraction of sp³-hybridized carbons (Fsp3) is 0.400. The fourth-order valence-corrected chi connectivity index (χ4v) is 1.71. The Morgan fingerprint density at radius 2 is 1.43 bits per heavy atom. The number of aromatic nitrogens is 2. The predicted octanol–water partition coefficient (Wildman–Crippen LogP) is 0.855. The third-order valence-corrected chi connectivity index (χ3v) is 2.50. The van der Waals surface area contributed by atoms with E-state index in [1.54, 1.807) is 12.4 Å². The number of nitriles is 2. The molecule has 0 N–H and O–H groups in total. The first-order valence-electron chi connectivity index (χ1n) is 4.43. The maximum Gasteiger partial charge on any atom is 0.0681 e. The first-order chi connectivity index (χ1) is 6.85. The van der Waals surface area contributed by atoms with Crippen molar-refractivity contribution in [3.05, 3.63) is 23.8 Å². The zero-order chi connectivity index (χ0) is 9.97. The van der Waals surface area contributed by atoms with E-state index >= 15 is 0 Å². The van der Waals surface area contributed by atoms with Gasteiger partial charge in [-0.25, -0.2) is 0 Å². The summed E-state index contributed by atoms with van der Waals surface area (Å²) in [6.07, 6.45) is 4.36. The molecule has 0 saturated heterocycles. The van der Waals surface area contributed by atoms with E-state index in [4.69, 9.17) is 10.5 Å². The summed E-state index contributed by atoms with van der Waals surface area (Å²) >= 11 is 0. The number of nitrogens with zero attached hydrogens (tertiary/aromatic N) is 4. The van der Waals surface area contributed by atoms with Crippen molar-refractivity contribution in [2.45, 2.75) is 12.8 Å². The maximum atomic E-state index is 8.87. The Hall–Kier alpha value is -1.94. The zero-order valence-electron chi connectivity index (χ0n) is 7.51. The highest BCUT2D eigenvalue weighted by molar-refractivity contribution is 5.21. The summed E-state index contributed by atoms with van der Waals surface area (Å²) in [7, 11) is 0. The predicted molar refractivity (Wildman–Crippen MR) is 47.6 cm³/mol. The number of hydrogen-bond donors (Lipinski definition) is 0. The first-order valence-corrected chi connectivity index (χ1v) is 4.43. The van der Waals surface area contributed by atoms with Gasteiger partial charge in [0.2, 0.25) is 0 Å². The second-order valence-corrected chi connectivity index (χ2v) is 3.33. The molecule has 1 aromatic rings. The molecule has 0 aromatic carbocycles. The molecule has 0 bridgehead atoms. The zero-order valence-corrected chi connectivity index (χ0v) is 7.51. The lowest BCUT2D eigenvalue weighted by Crippen LogP contribution is -2.24. The average Bonchev–Trinajstić information content (AvgIpc) is 2.27. The van der Waals surface area contributed by atoms with Crippen LogP contribution in [0.1, 0.15) is 11.4 Å². The summed E-state index contributed by atoms with van der Waals surface area (Å²) < 4.78 is 0. The lowest BCUT2D eigenvalue weighted by molar-refractivity contribution is 0.446. The summed E-state index contributed by atoms with van der Waals surface area (Å²) in [6, 6.07) is 4.31. The van der Waals surface area contributed by atoms with Crippen LogP contribution < -0.4 is 0 Å². The van der Waals surface area contributed by atoms with Crippen molar-refractivity contribution in [3.8, 4) is 12.1 Å². The Morgan fingerprint density at radius 3 is 1.79 bits per heavy atom. The van der Waals surface area contributed by atoms with Gasteiger partial charge in [-0.05, 0) is 0 Å². The Bertz CT molecular complexity index is 385. The molecule has 1 heterocycles. The van der Waals surface area contributed by atoms with Crippen molar-refractivity contribution >= 4 is 0 Å². The number of hydrogen-bond acceptors (Lipinski definition) is 4. The Morgan fingerprint density at radius 1 is 1.00 bits per heavy atom. The van der Waals surface area contributed by atoms with E-state index < -0.39 is 0 Å². The third-order valence-electron chi connectivity index (χ3n) is 2.50. The van der Waals surface area contributed by atoms with E-state index in [-0.39, 0.29) is 11.8 Å². The van der Waals surface area contributed by atoms with E-state index in [0.717, 1.165) is 11.4 Å². The van der Waals surface area contributed by atoms with Crippen LogP contribution in [0.15, 0.2) is 12.4 Å². The van der Waals surface area contributed by atoms with Gasteiger partial charge in [0.15, 0.2) is 0 Å². The van der Waals surface area contributed by atoms with Crippen LogP contribution >= 0.6 is 0 Å². The van der Waals surface area contributed by atoms with E-state index in [0.29, 0.717) is 12.8 Å². The van der Waals surface area contributed by atoms with Gasteiger partial charge in [-0.15, -0.1) is 0 Å². The summed E-state index contributed by atoms with van der Waals surface area (Å²) in [5.41, 5.74) is 1.73.